The summed E-state index contributed by atoms with van der Waals surface area (Å²) < 4.78 is 11.7. The molecule has 2 aromatic rings. The molecule has 2 heterocycles. The molecule has 0 saturated carbocycles. The maximum atomic E-state index is 12.7. The fraction of sp³-hybridized carbons (Fsp3) is 0.300. The molecule has 1 aliphatic heterocycles. The van der Waals surface area contributed by atoms with Crippen molar-refractivity contribution in [1.82, 2.24) is 15.6 Å². The Labute approximate surface area is 167 Å². The molecule has 1 aromatic carbocycles. The largest absolute Gasteiger partial charge is 0.496 e. The zero-order chi connectivity index (χ0) is 19.2. The van der Waals surface area contributed by atoms with Crippen molar-refractivity contribution in [2.45, 2.75) is 25.8 Å². The highest BCUT2D eigenvalue weighted by atomic mass is 79.9. The topological polar surface area (TPSA) is 72.5 Å². The van der Waals surface area contributed by atoms with Crippen LogP contribution < -0.4 is 15.4 Å². The minimum absolute atomic E-state index is 0.0319. The van der Waals surface area contributed by atoms with Crippen LogP contribution in [0, 0.1) is 0 Å². The number of rotatable bonds is 7. The molecule has 0 radical (unpaired) electrons. The fourth-order valence-electron chi connectivity index (χ4n) is 2.85. The van der Waals surface area contributed by atoms with Crippen molar-refractivity contribution >= 4 is 27.6 Å². The van der Waals surface area contributed by atoms with E-state index in [0.29, 0.717) is 11.5 Å². The number of hydrogen-bond acceptors (Lipinski definition) is 5. The van der Waals surface area contributed by atoms with E-state index in [4.69, 9.17) is 9.47 Å². The highest BCUT2D eigenvalue weighted by Gasteiger charge is 2.25. The predicted molar refractivity (Wildman–Crippen MR) is 107 cm³/mol. The number of pyridine rings is 1. The minimum Gasteiger partial charge on any atom is -0.496 e. The first kappa shape index (κ1) is 19.2. The van der Waals surface area contributed by atoms with E-state index < -0.39 is 0 Å². The molecule has 0 unspecified atom stereocenters. The maximum absolute atomic E-state index is 12.7. The number of ether oxygens (including phenoxy) is 2. The average Bonchev–Trinajstić information content (AvgIpc) is 3.17. The van der Waals surface area contributed by atoms with E-state index in [9.17, 15) is 4.79 Å². The second-order valence-corrected chi connectivity index (χ2v) is 7.14. The Kier molecular flexibility index (Phi) is 6.34. The summed E-state index contributed by atoms with van der Waals surface area (Å²) >= 11 is 3.47. The molecule has 0 saturated heterocycles. The van der Waals surface area contributed by atoms with Crippen molar-refractivity contribution < 1.29 is 14.3 Å². The predicted octanol–water partition coefficient (Wildman–Crippen LogP) is 3.24. The first-order chi connectivity index (χ1) is 13.1. The summed E-state index contributed by atoms with van der Waals surface area (Å²) in [7, 11) is 1.61. The third-order valence-electron chi connectivity index (χ3n) is 4.33. The van der Waals surface area contributed by atoms with Crippen molar-refractivity contribution in [2.24, 2.45) is 0 Å². The second kappa shape index (κ2) is 8.90. The molecule has 1 aliphatic rings. The quantitative estimate of drug-likeness (QED) is 0.703. The Morgan fingerprint density at radius 1 is 1.37 bits per heavy atom. The van der Waals surface area contributed by atoms with Gasteiger partial charge in [-0.25, -0.2) is 0 Å². The number of carbonyl (C=O) groups is 1. The van der Waals surface area contributed by atoms with Crippen LogP contribution in [0.5, 0.6) is 5.75 Å². The molecule has 7 heteroatoms. The Hall–Kier alpha value is -2.54. The third kappa shape index (κ3) is 4.80. The Bertz CT molecular complexity index is 840. The van der Waals surface area contributed by atoms with Gasteiger partial charge in [0.2, 0.25) is 0 Å². The lowest BCUT2D eigenvalue weighted by molar-refractivity contribution is -0.118. The molecular weight excluding hydrogens is 410 g/mol. The molecule has 0 fully saturated rings. The van der Waals surface area contributed by atoms with E-state index in [0.717, 1.165) is 28.6 Å². The number of amides is 1. The normalized spacial score (nSPS) is 14.3. The number of aryl methyl sites for hydroxylation is 1. The summed E-state index contributed by atoms with van der Waals surface area (Å²) in [5, 5.41) is 6.06. The van der Waals surface area contributed by atoms with E-state index in [2.05, 4.69) is 31.5 Å². The van der Waals surface area contributed by atoms with Crippen LogP contribution in [0.15, 0.2) is 52.9 Å². The van der Waals surface area contributed by atoms with Crippen molar-refractivity contribution in [1.29, 1.82) is 0 Å². The van der Waals surface area contributed by atoms with Crippen LogP contribution in [0.2, 0.25) is 0 Å². The summed E-state index contributed by atoms with van der Waals surface area (Å²) in [5.41, 5.74) is 2.46. The van der Waals surface area contributed by atoms with Crippen LogP contribution in [-0.4, -0.2) is 30.8 Å². The number of carbonyl (C=O) groups excluding carboxylic acids is 1. The van der Waals surface area contributed by atoms with Gasteiger partial charge in [0.15, 0.2) is 12.5 Å². The maximum Gasteiger partial charge on any atom is 0.271 e. The minimum atomic E-state index is -0.170. The standard InChI is InChI=1S/C20H22BrN3O3/c1-13(3-4-14-7-9-22-10-8-14)24-20(25)18-19(27-12-23-18)15-5-6-17(26-2)16(21)11-15/h5-11,13,23H,3-4,12H2,1-2H3,(H,24,25)/t13-/m0/s1. The lowest BCUT2D eigenvalue weighted by atomic mass is 10.1. The Balaban J connectivity index is 1.67. The molecule has 6 nitrogen and oxygen atoms in total. The lowest BCUT2D eigenvalue weighted by Crippen LogP contribution is -2.36. The molecule has 0 bridgehead atoms. The molecule has 1 atom stereocenters. The lowest BCUT2D eigenvalue weighted by Gasteiger charge is -2.15. The molecule has 0 aliphatic carbocycles. The van der Waals surface area contributed by atoms with Crippen molar-refractivity contribution in [3.63, 3.8) is 0 Å². The van der Waals surface area contributed by atoms with Gasteiger partial charge in [-0.3, -0.25) is 9.78 Å². The van der Waals surface area contributed by atoms with E-state index in [1.165, 1.54) is 5.56 Å². The second-order valence-electron chi connectivity index (χ2n) is 6.29. The number of benzene rings is 1. The van der Waals surface area contributed by atoms with Crippen LogP contribution in [-0.2, 0) is 16.0 Å². The van der Waals surface area contributed by atoms with Gasteiger partial charge in [-0.1, -0.05) is 0 Å². The molecule has 142 valence electrons. The van der Waals surface area contributed by atoms with Crippen LogP contribution in [0.1, 0.15) is 24.5 Å². The van der Waals surface area contributed by atoms with Crippen molar-refractivity contribution in [2.75, 3.05) is 13.8 Å². The number of nitrogens with one attached hydrogen (secondary N) is 2. The molecule has 27 heavy (non-hydrogen) atoms. The molecule has 2 N–H and O–H groups in total. The van der Waals surface area contributed by atoms with Crippen molar-refractivity contribution in [3.8, 4) is 5.75 Å². The zero-order valence-electron chi connectivity index (χ0n) is 15.3. The first-order valence-corrected chi connectivity index (χ1v) is 9.52. The number of aromatic nitrogens is 1. The monoisotopic (exact) mass is 431 g/mol. The summed E-state index contributed by atoms with van der Waals surface area (Å²) in [4.78, 5) is 16.7. The van der Waals surface area contributed by atoms with E-state index in [1.54, 1.807) is 19.5 Å². The summed E-state index contributed by atoms with van der Waals surface area (Å²) in [6, 6.07) is 9.59. The van der Waals surface area contributed by atoms with Gasteiger partial charge >= 0.3 is 0 Å². The van der Waals surface area contributed by atoms with Gasteiger partial charge in [0.25, 0.3) is 5.91 Å². The smallest absolute Gasteiger partial charge is 0.271 e. The van der Waals surface area contributed by atoms with Gasteiger partial charge in [-0.05, 0) is 71.6 Å². The van der Waals surface area contributed by atoms with Gasteiger partial charge in [0, 0.05) is 24.0 Å². The van der Waals surface area contributed by atoms with Crippen LogP contribution in [0.25, 0.3) is 5.76 Å². The van der Waals surface area contributed by atoms with E-state index >= 15 is 0 Å². The fourth-order valence-corrected chi connectivity index (χ4v) is 3.39. The van der Waals surface area contributed by atoms with E-state index in [1.807, 2.05) is 37.3 Å². The van der Waals surface area contributed by atoms with Crippen LogP contribution >= 0.6 is 15.9 Å². The molecule has 0 spiro atoms. The number of nitrogens with zero attached hydrogens (tertiary/aromatic N) is 1. The SMILES string of the molecule is COc1ccc(C2=C(C(=O)N[C@@H](C)CCc3ccncc3)NCO2)cc1Br. The van der Waals surface area contributed by atoms with Gasteiger partial charge < -0.3 is 20.1 Å². The molecule has 3 rings (SSSR count). The summed E-state index contributed by atoms with van der Waals surface area (Å²) in [6.45, 7) is 2.27. The highest BCUT2D eigenvalue weighted by molar-refractivity contribution is 9.10. The van der Waals surface area contributed by atoms with Gasteiger partial charge in [-0.15, -0.1) is 0 Å². The van der Waals surface area contributed by atoms with Crippen molar-refractivity contribution in [3.05, 3.63) is 64.0 Å². The van der Waals surface area contributed by atoms with Crippen LogP contribution in [0.4, 0.5) is 0 Å². The van der Waals surface area contributed by atoms with Gasteiger partial charge in [-0.2, -0.15) is 0 Å². The molecular formula is C20H22BrN3O3. The molecule has 1 aromatic heterocycles. The summed E-state index contributed by atoms with van der Waals surface area (Å²) in [6.07, 6.45) is 5.28. The number of halogens is 1. The first-order valence-electron chi connectivity index (χ1n) is 8.73. The summed E-state index contributed by atoms with van der Waals surface area (Å²) in [5.74, 6) is 1.09. The third-order valence-corrected chi connectivity index (χ3v) is 4.95. The number of hydrogen-bond donors (Lipinski definition) is 2. The highest BCUT2D eigenvalue weighted by Crippen LogP contribution is 2.31. The van der Waals surface area contributed by atoms with Gasteiger partial charge in [0.05, 0.1) is 11.6 Å². The molecule has 1 amide bonds. The van der Waals surface area contributed by atoms with Crippen LogP contribution in [0.3, 0.4) is 0 Å². The Morgan fingerprint density at radius 3 is 2.85 bits per heavy atom. The van der Waals surface area contributed by atoms with E-state index in [-0.39, 0.29) is 18.7 Å². The average molecular weight is 432 g/mol. The number of methoxy groups -OCH3 is 1. The zero-order valence-corrected chi connectivity index (χ0v) is 16.9. The van der Waals surface area contributed by atoms with Gasteiger partial charge in [0.1, 0.15) is 11.4 Å². The Morgan fingerprint density at radius 2 is 2.15 bits per heavy atom.